The molecule has 0 aliphatic rings. The summed E-state index contributed by atoms with van der Waals surface area (Å²) in [7, 11) is 3.90. The van der Waals surface area contributed by atoms with E-state index in [1.54, 1.807) is 12.1 Å². The van der Waals surface area contributed by atoms with E-state index >= 15 is 0 Å². The summed E-state index contributed by atoms with van der Waals surface area (Å²) in [5.74, 6) is 0. The molecule has 0 aliphatic carbocycles. The van der Waals surface area contributed by atoms with E-state index in [4.69, 9.17) is 23.2 Å². The van der Waals surface area contributed by atoms with Gasteiger partial charge in [-0.1, -0.05) is 42.3 Å². The molecule has 96 valence electrons. The number of likely N-dealkylation sites (N-methyl/N-ethyl adjacent to an activating group) is 1. The number of benzene rings is 1. The average molecular weight is 276 g/mol. The van der Waals surface area contributed by atoms with Crippen LogP contribution in [-0.4, -0.2) is 29.6 Å². The van der Waals surface area contributed by atoms with Gasteiger partial charge in [0.05, 0.1) is 16.1 Å². The molecule has 2 atom stereocenters. The van der Waals surface area contributed by atoms with Crippen LogP contribution in [-0.2, 0) is 0 Å². The monoisotopic (exact) mass is 275 g/mol. The van der Waals surface area contributed by atoms with Gasteiger partial charge >= 0.3 is 0 Å². The molecule has 0 saturated heterocycles. The number of hydrogen-bond donors (Lipinski definition) is 1. The Balaban J connectivity index is 3.19. The molecule has 0 radical (unpaired) electrons. The second-order valence-corrected chi connectivity index (χ2v) is 5.44. The predicted molar refractivity (Wildman–Crippen MR) is 73.8 cm³/mol. The molecule has 0 heterocycles. The zero-order chi connectivity index (χ0) is 13.2. The SMILES string of the molecule is CCC(C)(C(O)c1cccc(Cl)c1Cl)N(C)C. The Bertz CT molecular complexity index is 395. The van der Waals surface area contributed by atoms with E-state index in [9.17, 15) is 5.11 Å². The molecule has 0 amide bonds. The largest absolute Gasteiger partial charge is 0.386 e. The zero-order valence-corrected chi connectivity index (χ0v) is 12.2. The van der Waals surface area contributed by atoms with Crippen LogP contribution in [0.5, 0.6) is 0 Å². The maximum atomic E-state index is 10.5. The van der Waals surface area contributed by atoms with Crippen molar-refractivity contribution in [3.63, 3.8) is 0 Å². The molecule has 4 heteroatoms. The van der Waals surface area contributed by atoms with Crippen LogP contribution in [0.1, 0.15) is 31.9 Å². The fourth-order valence-electron chi connectivity index (χ4n) is 1.82. The van der Waals surface area contributed by atoms with Crippen LogP contribution in [0.2, 0.25) is 10.0 Å². The lowest BCUT2D eigenvalue weighted by molar-refractivity contribution is 0.000934. The number of aliphatic hydroxyl groups is 1. The van der Waals surface area contributed by atoms with E-state index in [1.165, 1.54) is 0 Å². The van der Waals surface area contributed by atoms with Crippen molar-refractivity contribution in [1.29, 1.82) is 0 Å². The Morgan fingerprint density at radius 1 is 1.35 bits per heavy atom. The van der Waals surface area contributed by atoms with Crippen LogP contribution < -0.4 is 0 Å². The third-order valence-electron chi connectivity index (χ3n) is 3.60. The van der Waals surface area contributed by atoms with E-state index in [0.29, 0.717) is 15.6 Å². The van der Waals surface area contributed by atoms with Gasteiger partial charge < -0.3 is 10.0 Å². The average Bonchev–Trinajstić information content (AvgIpc) is 2.30. The molecule has 1 aromatic rings. The van der Waals surface area contributed by atoms with Crippen LogP contribution in [0.15, 0.2) is 18.2 Å². The van der Waals surface area contributed by atoms with Crippen LogP contribution in [0.3, 0.4) is 0 Å². The van der Waals surface area contributed by atoms with Crippen LogP contribution >= 0.6 is 23.2 Å². The molecule has 0 saturated carbocycles. The molecule has 0 fully saturated rings. The van der Waals surface area contributed by atoms with Crippen molar-refractivity contribution in [1.82, 2.24) is 4.90 Å². The quantitative estimate of drug-likeness (QED) is 0.905. The van der Waals surface area contributed by atoms with Gasteiger partial charge in [0.1, 0.15) is 0 Å². The molecular weight excluding hydrogens is 257 g/mol. The highest BCUT2D eigenvalue weighted by Crippen LogP contribution is 2.38. The highest BCUT2D eigenvalue weighted by molar-refractivity contribution is 6.42. The van der Waals surface area contributed by atoms with Crippen molar-refractivity contribution in [2.24, 2.45) is 0 Å². The van der Waals surface area contributed by atoms with Crippen molar-refractivity contribution in [2.75, 3.05) is 14.1 Å². The predicted octanol–water partition coefficient (Wildman–Crippen LogP) is 3.76. The number of rotatable bonds is 4. The summed E-state index contributed by atoms with van der Waals surface area (Å²) in [5.41, 5.74) is 0.311. The van der Waals surface area contributed by atoms with E-state index in [2.05, 4.69) is 0 Å². The normalized spacial score (nSPS) is 16.9. The van der Waals surface area contributed by atoms with Crippen molar-refractivity contribution in [3.05, 3.63) is 33.8 Å². The summed E-state index contributed by atoms with van der Waals surface area (Å²) < 4.78 is 0. The summed E-state index contributed by atoms with van der Waals surface area (Å²) in [4.78, 5) is 2.01. The van der Waals surface area contributed by atoms with Crippen molar-refractivity contribution >= 4 is 23.2 Å². The first-order valence-electron chi connectivity index (χ1n) is 5.64. The number of nitrogens with zero attached hydrogens (tertiary/aromatic N) is 1. The van der Waals surface area contributed by atoms with Gasteiger partial charge in [0.2, 0.25) is 0 Å². The highest BCUT2D eigenvalue weighted by Gasteiger charge is 2.35. The Labute approximate surface area is 113 Å². The molecule has 1 rings (SSSR count). The third-order valence-corrected chi connectivity index (χ3v) is 4.44. The molecule has 0 bridgehead atoms. The van der Waals surface area contributed by atoms with Gasteiger partial charge in [-0.05, 0) is 33.5 Å². The Hall–Kier alpha value is -0.280. The maximum Gasteiger partial charge on any atom is 0.0985 e. The summed E-state index contributed by atoms with van der Waals surface area (Å²) in [5, 5.41) is 11.4. The number of hydrogen-bond acceptors (Lipinski definition) is 2. The van der Waals surface area contributed by atoms with Gasteiger partial charge in [0.15, 0.2) is 0 Å². The van der Waals surface area contributed by atoms with Gasteiger partial charge in [-0.15, -0.1) is 0 Å². The fraction of sp³-hybridized carbons (Fsp3) is 0.538. The van der Waals surface area contributed by atoms with Gasteiger partial charge in [-0.3, -0.25) is 0 Å². The van der Waals surface area contributed by atoms with Crippen LogP contribution in [0.25, 0.3) is 0 Å². The summed E-state index contributed by atoms with van der Waals surface area (Å²) in [6.07, 6.45) is 0.137. The van der Waals surface area contributed by atoms with E-state index < -0.39 is 6.10 Å². The van der Waals surface area contributed by atoms with Crippen LogP contribution in [0.4, 0.5) is 0 Å². The summed E-state index contributed by atoms with van der Waals surface area (Å²) in [6, 6.07) is 5.34. The second kappa shape index (κ2) is 5.57. The third kappa shape index (κ3) is 2.76. The van der Waals surface area contributed by atoms with E-state index in [0.717, 1.165) is 6.42 Å². The van der Waals surface area contributed by atoms with Crippen molar-refractivity contribution < 1.29 is 5.11 Å². The highest BCUT2D eigenvalue weighted by atomic mass is 35.5. The van der Waals surface area contributed by atoms with Gasteiger partial charge in [-0.25, -0.2) is 0 Å². The fourth-order valence-corrected chi connectivity index (χ4v) is 2.23. The number of aliphatic hydroxyl groups excluding tert-OH is 1. The zero-order valence-electron chi connectivity index (χ0n) is 10.7. The molecule has 1 aromatic carbocycles. The molecule has 0 aliphatic heterocycles. The first kappa shape index (κ1) is 14.8. The lowest BCUT2D eigenvalue weighted by Crippen LogP contribution is -2.46. The minimum absolute atomic E-state index is 0.367. The molecule has 17 heavy (non-hydrogen) atoms. The van der Waals surface area contributed by atoms with Gasteiger partial charge in [0, 0.05) is 11.1 Å². The van der Waals surface area contributed by atoms with E-state index in [-0.39, 0.29) is 5.54 Å². The minimum atomic E-state index is -0.673. The lowest BCUT2D eigenvalue weighted by Gasteiger charge is -2.40. The van der Waals surface area contributed by atoms with Crippen LogP contribution in [0, 0.1) is 0 Å². The summed E-state index contributed by atoms with van der Waals surface area (Å²) in [6.45, 7) is 4.05. The maximum absolute atomic E-state index is 10.5. The molecule has 2 nitrogen and oxygen atoms in total. The number of halogens is 2. The molecular formula is C13H19Cl2NO. The molecule has 0 spiro atoms. The first-order valence-corrected chi connectivity index (χ1v) is 6.39. The molecule has 1 N–H and O–H groups in total. The Morgan fingerprint density at radius 2 is 1.94 bits per heavy atom. The van der Waals surface area contributed by atoms with E-state index in [1.807, 2.05) is 38.9 Å². The topological polar surface area (TPSA) is 23.5 Å². The minimum Gasteiger partial charge on any atom is -0.386 e. The first-order chi connectivity index (χ1) is 7.84. The lowest BCUT2D eigenvalue weighted by atomic mass is 9.86. The standard InChI is InChI=1S/C13H19Cl2NO/c1-5-13(2,16(3)4)12(17)9-7-6-8-10(14)11(9)15/h6-8,12,17H,5H2,1-4H3. The van der Waals surface area contributed by atoms with Gasteiger partial charge in [0.25, 0.3) is 0 Å². The second-order valence-electron chi connectivity index (χ2n) is 4.65. The molecule has 2 unspecified atom stereocenters. The smallest absolute Gasteiger partial charge is 0.0985 e. The van der Waals surface area contributed by atoms with Crippen molar-refractivity contribution in [3.8, 4) is 0 Å². The summed E-state index contributed by atoms with van der Waals surface area (Å²) >= 11 is 12.1. The molecule has 0 aromatic heterocycles. The van der Waals surface area contributed by atoms with Gasteiger partial charge in [-0.2, -0.15) is 0 Å². The van der Waals surface area contributed by atoms with Crippen molar-refractivity contribution in [2.45, 2.75) is 31.9 Å². The Kier molecular flexibility index (Phi) is 4.85. The Morgan fingerprint density at radius 3 is 2.41 bits per heavy atom.